The van der Waals surface area contributed by atoms with E-state index in [4.69, 9.17) is 0 Å². The summed E-state index contributed by atoms with van der Waals surface area (Å²) in [5.41, 5.74) is 1.17. The molecule has 1 fully saturated rings. The van der Waals surface area contributed by atoms with Crippen LogP contribution in [0.3, 0.4) is 0 Å². The second-order valence-corrected chi connectivity index (χ2v) is 6.14. The molecule has 3 heteroatoms. The fourth-order valence-corrected chi connectivity index (χ4v) is 2.71. The van der Waals surface area contributed by atoms with Gasteiger partial charge in [0.1, 0.15) is 0 Å². The zero-order valence-corrected chi connectivity index (χ0v) is 12.5. The molecule has 1 aromatic carbocycles. The molecular weight excluding hydrogens is 250 g/mol. The third-order valence-electron chi connectivity index (χ3n) is 4.41. The first-order chi connectivity index (χ1) is 9.52. The molecule has 1 aliphatic rings. The molecule has 2 N–H and O–H groups in total. The molecule has 0 radical (unpaired) electrons. The number of rotatable bonds is 4. The van der Waals surface area contributed by atoms with Crippen LogP contribution < -0.4 is 5.32 Å². The van der Waals surface area contributed by atoms with E-state index in [-0.39, 0.29) is 5.91 Å². The molecule has 0 saturated heterocycles. The Kier molecular flexibility index (Phi) is 4.81. The second kappa shape index (κ2) is 6.40. The zero-order valence-electron chi connectivity index (χ0n) is 12.5. The molecule has 0 bridgehead atoms. The van der Waals surface area contributed by atoms with E-state index in [2.05, 4.69) is 19.2 Å². The van der Waals surface area contributed by atoms with Crippen LogP contribution in [0.2, 0.25) is 0 Å². The minimum Gasteiger partial charge on any atom is -0.388 e. The fourth-order valence-electron chi connectivity index (χ4n) is 2.71. The fraction of sp³-hybridized carbons (Fsp3) is 0.588. The maximum atomic E-state index is 12.1. The van der Waals surface area contributed by atoms with Crippen LogP contribution in [-0.2, 0) is 6.42 Å². The lowest BCUT2D eigenvalue weighted by molar-refractivity contribution is -0.00539. The number of nitrogens with one attached hydrogen (secondary N) is 1. The van der Waals surface area contributed by atoms with Crippen molar-refractivity contribution in [1.82, 2.24) is 5.32 Å². The van der Waals surface area contributed by atoms with Crippen molar-refractivity contribution < 1.29 is 9.90 Å². The highest BCUT2D eigenvalue weighted by atomic mass is 16.3. The van der Waals surface area contributed by atoms with Gasteiger partial charge in [-0.1, -0.05) is 26.0 Å². The highest BCUT2D eigenvalue weighted by Gasteiger charge is 2.32. The highest BCUT2D eigenvalue weighted by molar-refractivity contribution is 5.94. The van der Waals surface area contributed by atoms with Gasteiger partial charge in [0.2, 0.25) is 0 Å². The number of carbonyl (C=O) groups is 1. The van der Waals surface area contributed by atoms with E-state index in [1.807, 2.05) is 24.3 Å². The standard InChI is InChI=1S/C17H25NO2/c1-3-14-4-6-15(7-5-14)16(19)18-12-17(20)10-8-13(2)9-11-17/h4-7,13,20H,3,8-12H2,1-2H3,(H,18,19). The van der Waals surface area contributed by atoms with Gasteiger partial charge in [0, 0.05) is 12.1 Å². The molecule has 2 rings (SSSR count). The number of amides is 1. The van der Waals surface area contributed by atoms with Crippen molar-refractivity contribution in [2.24, 2.45) is 5.92 Å². The summed E-state index contributed by atoms with van der Waals surface area (Å²) in [6, 6.07) is 7.65. The van der Waals surface area contributed by atoms with Crippen LogP contribution in [0.25, 0.3) is 0 Å². The maximum absolute atomic E-state index is 12.1. The Labute approximate surface area is 121 Å². The lowest BCUT2D eigenvalue weighted by Gasteiger charge is -2.34. The maximum Gasteiger partial charge on any atom is 0.251 e. The van der Waals surface area contributed by atoms with Crippen molar-refractivity contribution in [2.45, 2.75) is 51.6 Å². The van der Waals surface area contributed by atoms with Gasteiger partial charge in [-0.25, -0.2) is 0 Å². The van der Waals surface area contributed by atoms with Crippen molar-refractivity contribution >= 4 is 5.91 Å². The number of hydrogen-bond donors (Lipinski definition) is 2. The Hall–Kier alpha value is -1.35. The van der Waals surface area contributed by atoms with Gasteiger partial charge >= 0.3 is 0 Å². The van der Waals surface area contributed by atoms with Crippen LogP contribution in [0.15, 0.2) is 24.3 Å². The van der Waals surface area contributed by atoms with Gasteiger partial charge in [-0.15, -0.1) is 0 Å². The summed E-state index contributed by atoms with van der Waals surface area (Å²) in [7, 11) is 0. The zero-order chi connectivity index (χ0) is 14.6. The molecule has 20 heavy (non-hydrogen) atoms. The molecule has 1 saturated carbocycles. The van der Waals surface area contributed by atoms with Crippen molar-refractivity contribution in [3.63, 3.8) is 0 Å². The predicted octanol–water partition coefficient (Wildman–Crippen LogP) is 2.92. The van der Waals surface area contributed by atoms with Crippen LogP contribution in [0.1, 0.15) is 55.5 Å². The molecular formula is C17H25NO2. The summed E-state index contributed by atoms with van der Waals surface area (Å²) in [6.07, 6.45) is 4.61. The van der Waals surface area contributed by atoms with Crippen molar-refractivity contribution in [3.05, 3.63) is 35.4 Å². The van der Waals surface area contributed by atoms with Crippen LogP contribution in [-0.4, -0.2) is 23.2 Å². The summed E-state index contributed by atoms with van der Waals surface area (Å²) in [5.74, 6) is 0.590. The normalized spacial score (nSPS) is 26.2. The smallest absolute Gasteiger partial charge is 0.251 e. The highest BCUT2D eigenvalue weighted by Crippen LogP contribution is 2.31. The van der Waals surface area contributed by atoms with E-state index in [9.17, 15) is 9.90 Å². The number of carbonyl (C=O) groups excluding carboxylic acids is 1. The van der Waals surface area contributed by atoms with Crippen LogP contribution >= 0.6 is 0 Å². The van der Waals surface area contributed by atoms with Crippen molar-refractivity contribution in [2.75, 3.05) is 6.54 Å². The van der Waals surface area contributed by atoms with Gasteiger partial charge in [0.15, 0.2) is 0 Å². The van der Waals surface area contributed by atoms with Gasteiger partial charge in [0.05, 0.1) is 5.60 Å². The molecule has 1 aliphatic carbocycles. The lowest BCUT2D eigenvalue weighted by Crippen LogP contribution is -2.45. The number of aliphatic hydroxyl groups is 1. The monoisotopic (exact) mass is 275 g/mol. The Morgan fingerprint density at radius 2 is 1.90 bits per heavy atom. The molecule has 0 aromatic heterocycles. The van der Waals surface area contributed by atoms with Crippen molar-refractivity contribution in [3.8, 4) is 0 Å². The van der Waals surface area contributed by atoms with E-state index in [1.54, 1.807) is 0 Å². The summed E-state index contributed by atoms with van der Waals surface area (Å²) < 4.78 is 0. The SMILES string of the molecule is CCc1ccc(C(=O)NCC2(O)CCC(C)CC2)cc1. The van der Waals surface area contributed by atoms with Crippen LogP contribution in [0, 0.1) is 5.92 Å². The Morgan fingerprint density at radius 3 is 2.45 bits per heavy atom. The van der Waals surface area contributed by atoms with Gasteiger partial charge in [-0.05, 0) is 55.7 Å². The molecule has 0 unspecified atom stereocenters. The molecule has 0 atom stereocenters. The van der Waals surface area contributed by atoms with Gasteiger partial charge < -0.3 is 10.4 Å². The second-order valence-electron chi connectivity index (χ2n) is 6.14. The third kappa shape index (κ3) is 3.83. The summed E-state index contributed by atoms with van der Waals surface area (Å²) >= 11 is 0. The van der Waals surface area contributed by atoms with Crippen LogP contribution in [0.4, 0.5) is 0 Å². The number of hydrogen-bond acceptors (Lipinski definition) is 2. The van der Waals surface area contributed by atoms with E-state index < -0.39 is 5.60 Å². The first kappa shape index (κ1) is 15.0. The molecule has 0 spiro atoms. The average Bonchev–Trinajstić information content (AvgIpc) is 2.48. The molecule has 1 amide bonds. The van der Waals surface area contributed by atoms with E-state index in [0.29, 0.717) is 18.0 Å². The van der Waals surface area contributed by atoms with Crippen LogP contribution in [0.5, 0.6) is 0 Å². The first-order valence-corrected chi connectivity index (χ1v) is 7.62. The Morgan fingerprint density at radius 1 is 1.30 bits per heavy atom. The Bertz CT molecular complexity index is 445. The molecule has 1 aromatic rings. The average molecular weight is 275 g/mol. The molecule has 0 aliphatic heterocycles. The minimum atomic E-state index is -0.717. The molecule has 3 nitrogen and oxygen atoms in total. The molecule has 0 heterocycles. The molecule has 110 valence electrons. The number of benzene rings is 1. The van der Waals surface area contributed by atoms with E-state index in [0.717, 1.165) is 32.1 Å². The predicted molar refractivity (Wildman–Crippen MR) is 80.7 cm³/mol. The third-order valence-corrected chi connectivity index (χ3v) is 4.41. The minimum absolute atomic E-state index is 0.0975. The van der Waals surface area contributed by atoms with E-state index in [1.165, 1.54) is 5.56 Å². The van der Waals surface area contributed by atoms with Gasteiger partial charge in [-0.2, -0.15) is 0 Å². The lowest BCUT2D eigenvalue weighted by atomic mass is 9.79. The van der Waals surface area contributed by atoms with Crippen molar-refractivity contribution in [1.29, 1.82) is 0 Å². The largest absolute Gasteiger partial charge is 0.388 e. The first-order valence-electron chi connectivity index (χ1n) is 7.62. The summed E-state index contributed by atoms with van der Waals surface area (Å²) in [6.45, 7) is 4.66. The summed E-state index contributed by atoms with van der Waals surface area (Å²) in [5, 5.41) is 13.3. The van der Waals surface area contributed by atoms with Gasteiger partial charge in [-0.3, -0.25) is 4.79 Å². The Balaban J connectivity index is 1.88. The van der Waals surface area contributed by atoms with Gasteiger partial charge in [0.25, 0.3) is 5.91 Å². The van der Waals surface area contributed by atoms with E-state index >= 15 is 0 Å². The summed E-state index contributed by atoms with van der Waals surface area (Å²) in [4.78, 5) is 12.1. The number of aryl methyl sites for hydroxylation is 1. The quantitative estimate of drug-likeness (QED) is 0.887. The topological polar surface area (TPSA) is 49.3 Å².